The van der Waals surface area contributed by atoms with E-state index in [-0.39, 0.29) is 19.1 Å². The van der Waals surface area contributed by atoms with Gasteiger partial charge in [0, 0.05) is 41.9 Å². The molecule has 8 heteroatoms. The van der Waals surface area contributed by atoms with E-state index < -0.39 is 17.4 Å². The van der Waals surface area contributed by atoms with E-state index in [1.807, 2.05) is 24.3 Å². The molecule has 2 aliphatic heterocycles. The number of rotatable bonds is 7. The van der Waals surface area contributed by atoms with E-state index >= 15 is 0 Å². The second kappa shape index (κ2) is 9.65. The molecule has 2 aromatic rings. The number of nitrogens with zero attached hydrogens (tertiary/aromatic N) is 2. The molecule has 33 heavy (non-hydrogen) atoms. The van der Waals surface area contributed by atoms with Crippen LogP contribution in [0.1, 0.15) is 24.5 Å². The quantitative estimate of drug-likeness (QED) is 0.542. The van der Waals surface area contributed by atoms with Crippen LogP contribution in [0.15, 0.2) is 54.6 Å². The Morgan fingerprint density at radius 3 is 2.82 bits per heavy atom. The predicted molar refractivity (Wildman–Crippen MR) is 128 cm³/mol. The second-order valence-corrected chi connectivity index (χ2v) is 8.88. The fourth-order valence-corrected chi connectivity index (χ4v) is 4.65. The van der Waals surface area contributed by atoms with E-state index in [1.165, 1.54) is 0 Å². The topological polar surface area (TPSA) is 93.1 Å². The molecule has 3 N–H and O–H groups in total. The van der Waals surface area contributed by atoms with Gasteiger partial charge in [0.05, 0.1) is 18.8 Å². The number of fused-ring (bicyclic) bond motifs is 1. The summed E-state index contributed by atoms with van der Waals surface area (Å²) in [6.07, 6.45) is 3.95. The molecule has 0 saturated carbocycles. The molecule has 2 atom stereocenters. The van der Waals surface area contributed by atoms with Crippen molar-refractivity contribution in [2.24, 2.45) is 5.92 Å². The monoisotopic (exact) mass is 469 g/mol. The maximum absolute atomic E-state index is 13.6. The first-order chi connectivity index (χ1) is 15.9. The minimum absolute atomic E-state index is 0.00391. The molecular weight excluding hydrogens is 442 g/mol. The Kier molecular flexibility index (Phi) is 6.86. The lowest BCUT2D eigenvalue weighted by atomic mass is 9.83. The molecule has 2 aliphatic rings. The van der Waals surface area contributed by atoms with E-state index in [0.29, 0.717) is 35.8 Å². The molecule has 0 aromatic heterocycles. The number of aliphatic hydroxyl groups excluding tert-OH is 1. The molecule has 1 saturated heterocycles. The lowest BCUT2D eigenvalue weighted by molar-refractivity contribution is -0.139. The van der Waals surface area contributed by atoms with Crippen molar-refractivity contribution in [3.05, 3.63) is 70.8 Å². The molecule has 174 valence electrons. The fourth-order valence-electron chi connectivity index (χ4n) is 4.48. The highest BCUT2D eigenvalue weighted by atomic mass is 35.5. The molecule has 2 aromatic carbocycles. The molecule has 1 fully saturated rings. The predicted octanol–water partition coefficient (Wildman–Crippen LogP) is 2.59. The van der Waals surface area contributed by atoms with Gasteiger partial charge in [0.1, 0.15) is 0 Å². The number of halogens is 1. The third kappa shape index (κ3) is 4.42. The Balaban J connectivity index is 1.66. The standard InChI is InChI=1S/C25H28ClN3O4/c1-17(5-2-3-12-30)25(33)21-14-19(26)8-9-22(21)29(24(25)32)16-18-6-4-7-20(13-18)28-11-10-27-15-23(28)31/h2,4-9,13-14,17,27,30,33H,3,10-12,15-16H2,1H3/b5-2+/t17-,25+/m1/s1. The molecule has 0 bridgehead atoms. The first kappa shape index (κ1) is 23.4. The number of anilines is 2. The fraction of sp³-hybridized carbons (Fsp3) is 0.360. The summed E-state index contributed by atoms with van der Waals surface area (Å²) in [6, 6.07) is 12.7. The maximum Gasteiger partial charge on any atom is 0.264 e. The van der Waals surface area contributed by atoms with E-state index in [4.69, 9.17) is 16.7 Å². The summed E-state index contributed by atoms with van der Waals surface area (Å²) in [5, 5.41) is 24.2. The Morgan fingerprint density at radius 1 is 1.24 bits per heavy atom. The SMILES string of the molecule is C[C@H](/C=C/CCO)[C@@]1(O)C(=O)N(Cc2cccc(N3CCNCC3=O)c2)c2ccc(Cl)cc21. The largest absolute Gasteiger partial charge is 0.396 e. The highest BCUT2D eigenvalue weighted by Gasteiger charge is 2.52. The number of hydrogen-bond acceptors (Lipinski definition) is 5. The molecule has 0 unspecified atom stereocenters. The summed E-state index contributed by atoms with van der Waals surface area (Å²) >= 11 is 6.22. The summed E-state index contributed by atoms with van der Waals surface area (Å²) < 4.78 is 0. The maximum atomic E-state index is 13.6. The summed E-state index contributed by atoms with van der Waals surface area (Å²) in [4.78, 5) is 29.2. The van der Waals surface area contributed by atoms with Gasteiger partial charge in [-0.05, 0) is 42.3 Å². The van der Waals surface area contributed by atoms with E-state index in [0.717, 1.165) is 17.8 Å². The summed E-state index contributed by atoms with van der Waals surface area (Å²) in [5.74, 6) is -0.943. The lowest BCUT2D eigenvalue weighted by Crippen LogP contribution is -2.48. The average Bonchev–Trinajstić information content (AvgIpc) is 3.02. The average molecular weight is 470 g/mol. The van der Waals surface area contributed by atoms with Crippen molar-refractivity contribution < 1.29 is 19.8 Å². The first-order valence-electron chi connectivity index (χ1n) is 11.1. The third-order valence-electron chi connectivity index (χ3n) is 6.26. The van der Waals surface area contributed by atoms with Crippen LogP contribution in [-0.2, 0) is 21.7 Å². The second-order valence-electron chi connectivity index (χ2n) is 8.44. The van der Waals surface area contributed by atoms with Crippen molar-refractivity contribution in [3.63, 3.8) is 0 Å². The zero-order chi connectivity index (χ0) is 23.6. The van der Waals surface area contributed by atoms with Crippen LogP contribution < -0.4 is 15.1 Å². The Morgan fingerprint density at radius 2 is 2.06 bits per heavy atom. The van der Waals surface area contributed by atoms with Crippen molar-refractivity contribution >= 4 is 34.8 Å². The Labute approximate surface area is 198 Å². The molecule has 4 rings (SSSR count). The molecular formula is C25H28ClN3O4. The lowest BCUT2D eigenvalue weighted by Gasteiger charge is -2.29. The van der Waals surface area contributed by atoms with Gasteiger partial charge in [-0.3, -0.25) is 9.59 Å². The van der Waals surface area contributed by atoms with Gasteiger partial charge in [0.25, 0.3) is 5.91 Å². The zero-order valence-corrected chi connectivity index (χ0v) is 19.3. The van der Waals surface area contributed by atoms with Crippen LogP contribution in [0, 0.1) is 5.92 Å². The van der Waals surface area contributed by atoms with Gasteiger partial charge in [-0.15, -0.1) is 0 Å². The van der Waals surface area contributed by atoms with Crippen LogP contribution in [-0.4, -0.2) is 48.3 Å². The van der Waals surface area contributed by atoms with E-state index in [9.17, 15) is 14.7 Å². The van der Waals surface area contributed by atoms with Crippen molar-refractivity contribution in [3.8, 4) is 0 Å². The van der Waals surface area contributed by atoms with Gasteiger partial charge in [0.2, 0.25) is 5.91 Å². The number of piperazine rings is 1. The van der Waals surface area contributed by atoms with Crippen molar-refractivity contribution in [2.75, 3.05) is 36.0 Å². The van der Waals surface area contributed by atoms with Gasteiger partial charge in [-0.25, -0.2) is 0 Å². The summed E-state index contributed by atoms with van der Waals surface area (Å²) in [7, 11) is 0. The number of carbonyl (C=O) groups is 2. The Bertz CT molecular complexity index is 1090. The van der Waals surface area contributed by atoms with Crippen molar-refractivity contribution in [2.45, 2.75) is 25.5 Å². The van der Waals surface area contributed by atoms with Gasteiger partial charge in [-0.2, -0.15) is 0 Å². The third-order valence-corrected chi connectivity index (χ3v) is 6.50. The van der Waals surface area contributed by atoms with Crippen LogP contribution in [0.5, 0.6) is 0 Å². The minimum atomic E-state index is -1.77. The normalized spacial score (nSPS) is 21.7. The molecule has 0 spiro atoms. The van der Waals surface area contributed by atoms with Gasteiger partial charge >= 0.3 is 0 Å². The van der Waals surface area contributed by atoms with E-state index in [2.05, 4.69) is 5.32 Å². The van der Waals surface area contributed by atoms with Crippen molar-refractivity contribution in [1.29, 1.82) is 0 Å². The smallest absolute Gasteiger partial charge is 0.264 e. The van der Waals surface area contributed by atoms with E-state index in [1.54, 1.807) is 47.1 Å². The number of nitrogens with one attached hydrogen (secondary N) is 1. The van der Waals surface area contributed by atoms with Crippen LogP contribution in [0.4, 0.5) is 11.4 Å². The van der Waals surface area contributed by atoms with Crippen LogP contribution in [0.3, 0.4) is 0 Å². The van der Waals surface area contributed by atoms with Crippen LogP contribution >= 0.6 is 11.6 Å². The number of aliphatic hydroxyl groups is 2. The Hall–Kier alpha value is -2.71. The zero-order valence-electron chi connectivity index (χ0n) is 18.5. The summed E-state index contributed by atoms with van der Waals surface area (Å²) in [5.41, 5.74) is 0.948. The molecule has 7 nitrogen and oxygen atoms in total. The highest BCUT2D eigenvalue weighted by molar-refractivity contribution is 6.31. The molecule has 0 aliphatic carbocycles. The summed E-state index contributed by atoms with van der Waals surface area (Å²) in [6.45, 7) is 3.63. The highest BCUT2D eigenvalue weighted by Crippen LogP contribution is 2.46. The van der Waals surface area contributed by atoms with Crippen LogP contribution in [0.25, 0.3) is 0 Å². The number of carbonyl (C=O) groups excluding carboxylic acids is 2. The molecule has 0 radical (unpaired) electrons. The number of benzene rings is 2. The number of hydrogen-bond donors (Lipinski definition) is 3. The molecule has 2 heterocycles. The van der Waals surface area contributed by atoms with Crippen molar-refractivity contribution in [1.82, 2.24) is 5.32 Å². The van der Waals surface area contributed by atoms with Crippen LogP contribution in [0.2, 0.25) is 5.02 Å². The minimum Gasteiger partial charge on any atom is -0.396 e. The van der Waals surface area contributed by atoms with Gasteiger partial charge in [0.15, 0.2) is 5.60 Å². The number of amides is 2. The first-order valence-corrected chi connectivity index (χ1v) is 11.5. The van der Waals surface area contributed by atoms with Gasteiger partial charge in [-0.1, -0.05) is 42.8 Å². The molecule has 2 amide bonds. The van der Waals surface area contributed by atoms with Gasteiger partial charge < -0.3 is 25.3 Å².